The van der Waals surface area contributed by atoms with Crippen molar-refractivity contribution in [2.24, 2.45) is 5.73 Å². The Balaban J connectivity index is 1.15. The number of hydrogen-bond donors (Lipinski definition) is 3. The van der Waals surface area contributed by atoms with E-state index in [-0.39, 0.29) is 18.0 Å². The summed E-state index contributed by atoms with van der Waals surface area (Å²) in [6.45, 7) is 6.99. The maximum absolute atomic E-state index is 13.0. The van der Waals surface area contributed by atoms with Crippen molar-refractivity contribution in [3.8, 4) is 11.3 Å². The summed E-state index contributed by atoms with van der Waals surface area (Å²) >= 11 is 0. The maximum atomic E-state index is 13.0. The minimum Gasteiger partial charge on any atom is -0.377 e. The number of morpholine rings is 1. The Morgan fingerprint density at radius 2 is 2.03 bits per heavy atom. The molecular weight excluding hydrogens is 492 g/mol. The molecule has 202 valence electrons. The van der Waals surface area contributed by atoms with Crippen molar-refractivity contribution in [3.05, 3.63) is 66.2 Å². The molecule has 2 fully saturated rings. The van der Waals surface area contributed by atoms with E-state index < -0.39 is 0 Å². The number of anilines is 2. The first kappa shape index (κ1) is 25.4. The van der Waals surface area contributed by atoms with E-state index in [2.05, 4.69) is 48.0 Å². The third kappa shape index (κ3) is 5.63. The number of hydrogen-bond acceptors (Lipinski definition) is 8. The van der Waals surface area contributed by atoms with E-state index in [9.17, 15) is 4.79 Å². The molecule has 4 N–H and O–H groups in total. The van der Waals surface area contributed by atoms with Crippen LogP contribution in [-0.2, 0) is 11.3 Å². The van der Waals surface area contributed by atoms with Gasteiger partial charge in [0, 0.05) is 43.3 Å². The number of H-pyrrole nitrogens is 1. The number of fused-ring (bicyclic) bond motifs is 1. The molecule has 10 nitrogen and oxygen atoms in total. The molecule has 4 aromatic rings. The number of nitrogens with two attached hydrogens (primary N) is 1. The van der Waals surface area contributed by atoms with Gasteiger partial charge < -0.3 is 25.7 Å². The number of amides is 1. The minimum atomic E-state index is -0.231. The number of likely N-dealkylation sites (tertiary alicyclic amines) is 1. The zero-order valence-electron chi connectivity index (χ0n) is 22.1. The first-order chi connectivity index (χ1) is 19.0. The molecule has 3 aromatic heterocycles. The number of pyridine rings is 1. The molecule has 39 heavy (non-hydrogen) atoms. The van der Waals surface area contributed by atoms with Crippen molar-refractivity contribution in [3.63, 3.8) is 0 Å². The van der Waals surface area contributed by atoms with Crippen LogP contribution in [-0.4, -0.2) is 75.7 Å². The molecule has 2 aliphatic heterocycles. The number of carbonyl (C=O) groups excluding carboxylic acids is 1. The minimum absolute atomic E-state index is 0.221. The molecule has 0 aliphatic carbocycles. The fraction of sp³-hybridized carbons (Fsp3) is 0.379. The van der Waals surface area contributed by atoms with Crippen molar-refractivity contribution in [2.75, 3.05) is 43.1 Å². The van der Waals surface area contributed by atoms with Crippen LogP contribution in [0.25, 0.3) is 22.3 Å². The molecule has 1 amide bonds. The Hall–Kier alpha value is -3.86. The Bertz CT molecular complexity index is 1450. The second-order valence-corrected chi connectivity index (χ2v) is 10.5. The van der Waals surface area contributed by atoms with Gasteiger partial charge in [0.25, 0.3) is 5.91 Å². The lowest BCUT2D eigenvalue weighted by Crippen LogP contribution is -2.44. The molecule has 6 rings (SSSR count). The van der Waals surface area contributed by atoms with Crippen molar-refractivity contribution < 1.29 is 9.53 Å². The second kappa shape index (κ2) is 11.1. The highest BCUT2D eigenvalue weighted by molar-refractivity contribution is 6.03. The lowest BCUT2D eigenvalue weighted by atomic mass is 10.1. The molecule has 2 saturated heterocycles. The van der Waals surface area contributed by atoms with Gasteiger partial charge in [0.1, 0.15) is 23.5 Å². The smallest absolute Gasteiger partial charge is 0.274 e. The van der Waals surface area contributed by atoms with Crippen LogP contribution in [0.1, 0.15) is 35.8 Å². The van der Waals surface area contributed by atoms with Crippen LogP contribution in [0.15, 0.2) is 55.0 Å². The second-order valence-electron chi connectivity index (χ2n) is 10.5. The monoisotopic (exact) mass is 526 g/mol. The summed E-state index contributed by atoms with van der Waals surface area (Å²) in [6, 6.07) is 14.1. The lowest BCUT2D eigenvalue weighted by Gasteiger charge is -2.34. The van der Waals surface area contributed by atoms with Crippen LogP contribution < -0.4 is 16.0 Å². The number of aromatic nitrogens is 4. The summed E-state index contributed by atoms with van der Waals surface area (Å²) in [5, 5.41) is 3.95. The zero-order chi connectivity index (χ0) is 26.8. The molecule has 2 atom stereocenters. The normalized spacial score (nSPS) is 20.3. The molecular formula is C29H34N8O2. The average molecular weight is 527 g/mol. The van der Waals surface area contributed by atoms with Crippen LogP contribution in [0.3, 0.4) is 0 Å². The van der Waals surface area contributed by atoms with Crippen molar-refractivity contribution in [1.82, 2.24) is 24.8 Å². The average Bonchev–Trinajstić information content (AvgIpc) is 3.39. The number of aromatic amines is 1. The quantitative estimate of drug-likeness (QED) is 0.349. The highest BCUT2D eigenvalue weighted by Gasteiger charge is 2.23. The summed E-state index contributed by atoms with van der Waals surface area (Å²) in [6.07, 6.45) is 5.48. The number of carbonyl (C=O) groups is 1. The van der Waals surface area contributed by atoms with Crippen LogP contribution in [0.4, 0.5) is 11.5 Å². The SMILES string of the molecule is C[C@H]1COCCN1c1ncnc2[nH]c(-c3ccc(NC(=O)c4cc(CN5CCC[C@@H](N)C5)ccn4)cc3)cc12. The van der Waals surface area contributed by atoms with Crippen LogP contribution in [0.5, 0.6) is 0 Å². The number of benzene rings is 1. The molecule has 10 heteroatoms. The highest BCUT2D eigenvalue weighted by atomic mass is 16.5. The van der Waals surface area contributed by atoms with E-state index in [1.165, 1.54) is 0 Å². The Kier molecular flexibility index (Phi) is 7.23. The lowest BCUT2D eigenvalue weighted by molar-refractivity contribution is 0.0987. The molecule has 5 heterocycles. The van der Waals surface area contributed by atoms with E-state index in [0.717, 1.165) is 72.7 Å². The van der Waals surface area contributed by atoms with Crippen molar-refractivity contribution >= 4 is 28.4 Å². The van der Waals surface area contributed by atoms with E-state index >= 15 is 0 Å². The third-order valence-corrected chi connectivity index (χ3v) is 7.50. The summed E-state index contributed by atoms with van der Waals surface area (Å²) in [4.78, 5) is 34.3. The number of piperidine rings is 1. The standard InChI is InChI=1S/C29H34N8O2/c1-19-17-39-12-11-37(19)28-24-14-25(35-27(24)32-18-33-28)21-4-6-23(7-5-21)34-29(38)26-13-20(8-9-31-26)15-36-10-2-3-22(30)16-36/h4-9,13-14,18-19,22H,2-3,10-12,15-17,30H2,1H3,(H,34,38)(H,32,33,35)/t19-,22+/m0/s1. The molecule has 0 bridgehead atoms. The van der Waals surface area contributed by atoms with Gasteiger partial charge in [-0.3, -0.25) is 14.7 Å². The molecule has 1 aromatic carbocycles. The Morgan fingerprint density at radius 3 is 2.85 bits per heavy atom. The van der Waals surface area contributed by atoms with E-state index in [1.54, 1.807) is 12.5 Å². The molecule has 0 saturated carbocycles. The molecule has 0 unspecified atom stereocenters. The van der Waals surface area contributed by atoms with Crippen LogP contribution in [0, 0.1) is 0 Å². The summed E-state index contributed by atoms with van der Waals surface area (Å²) in [7, 11) is 0. The van der Waals surface area contributed by atoms with Gasteiger partial charge in [0.15, 0.2) is 0 Å². The van der Waals surface area contributed by atoms with Crippen LogP contribution >= 0.6 is 0 Å². The van der Waals surface area contributed by atoms with E-state index in [0.29, 0.717) is 24.6 Å². The Morgan fingerprint density at radius 1 is 1.15 bits per heavy atom. The van der Waals surface area contributed by atoms with Crippen LogP contribution in [0.2, 0.25) is 0 Å². The maximum Gasteiger partial charge on any atom is 0.274 e. The highest BCUT2D eigenvalue weighted by Crippen LogP contribution is 2.31. The Labute approximate surface area is 227 Å². The fourth-order valence-electron chi connectivity index (χ4n) is 5.47. The van der Waals surface area contributed by atoms with Gasteiger partial charge in [0.05, 0.1) is 24.6 Å². The molecule has 0 spiro atoms. The largest absolute Gasteiger partial charge is 0.377 e. The molecule has 2 aliphatic rings. The van der Waals surface area contributed by atoms with Gasteiger partial charge in [-0.2, -0.15) is 0 Å². The number of rotatable bonds is 6. The van der Waals surface area contributed by atoms with Gasteiger partial charge >= 0.3 is 0 Å². The van der Waals surface area contributed by atoms with Crippen molar-refractivity contribution in [2.45, 2.75) is 38.4 Å². The van der Waals surface area contributed by atoms with Gasteiger partial charge in [0.2, 0.25) is 0 Å². The fourth-order valence-corrected chi connectivity index (χ4v) is 5.47. The first-order valence-corrected chi connectivity index (χ1v) is 13.6. The van der Waals surface area contributed by atoms with Gasteiger partial charge in [-0.15, -0.1) is 0 Å². The van der Waals surface area contributed by atoms with Gasteiger partial charge in [-0.25, -0.2) is 9.97 Å². The van der Waals surface area contributed by atoms with E-state index in [1.807, 2.05) is 36.4 Å². The molecule has 0 radical (unpaired) electrons. The first-order valence-electron chi connectivity index (χ1n) is 13.6. The predicted octanol–water partition coefficient (Wildman–Crippen LogP) is 3.42. The van der Waals surface area contributed by atoms with Gasteiger partial charge in [-0.1, -0.05) is 12.1 Å². The zero-order valence-corrected chi connectivity index (χ0v) is 22.1. The topological polar surface area (TPSA) is 125 Å². The third-order valence-electron chi connectivity index (χ3n) is 7.50. The number of ether oxygens (including phenoxy) is 1. The van der Waals surface area contributed by atoms with Gasteiger partial charge in [-0.05, 0) is 67.8 Å². The van der Waals surface area contributed by atoms with Crippen molar-refractivity contribution in [1.29, 1.82) is 0 Å². The summed E-state index contributed by atoms with van der Waals surface area (Å²) in [5.74, 6) is 0.685. The number of nitrogens with zero attached hydrogens (tertiary/aromatic N) is 5. The summed E-state index contributed by atoms with van der Waals surface area (Å²) in [5.41, 5.74) is 11.0. The van der Waals surface area contributed by atoms with E-state index in [4.69, 9.17) is 10.5 Å². The number of nitrogens with one attached hydrogen (secondary N) is 2. The predicted molar refractivity (Wildman–Crippen MR) is 152 cm³/mol. The summed E-state index contributed by atoms with van der Waals surface area (Å²) < 4.78 is 5.59.